The second-order valence-electron chi connectivity index (χ2n) is 2.97. The van der Waals surface area contributed by atoms with Crippen molar-refractivity contribution in [2.45, 2.75) is 19.9 Å². The van der Waals surface area contributed by atoms with Crippen molar-refractivity contribution in [1.82, 2.24) is 5.01 Å². The minimum atomic E-state index is 0.734. The van der Waals surface area contributed by atoms with Gasteiger partial charge in [-0.05, 0) is 12.0 Å². The van der Waals surface area contributed by atoms with E-state index in [2.05, 4.69) is 11.9 Å². The van der Waals surface area contributed by atoms with E-state index in [1.165, 1.54) is 5.56 Å². The maximum absolute atomic E-state index is 6.96. The lowest BCUT2D eigenvalue weighted by molar-refractivity contribution is 0.363. The fourth-order valence-electron chi connectivity index (χ4n) is 1.22. The van der Waals surface area contributed by atoms with Crippen molar-refractivity contribution in [2.75, 3.05) is 6.54 Å². The molecule has 0 unspecified atom stereocenters. The highest BCUT2D eigenvalue weighted by atomic mass is 15.4. The summed E-state index contributed by atoms with van der Waals surface area (Å²) in [5.74, 6) is 0. The van der Waals surface area contributed by atoms with Gasteiger partial charge >= 0.3 is 0 Å². The van der Waals surface area contributed by atoms with Gasteiger partial charge in [-0.15, -0.1) is 5.01 Å². The molecule has 1 aromatic carbocycles. The molecule has 13 heavy (non-hydrogen) atoms. The normalized spacial score (nSPS) is 9.23. The topological polar surface area (TPSA) is 7.60 Å². The van der Waals surface area contributed by atoms with Gasteiger partial charge in [-0.1, -0.05) is 37.3 Å². The third-order valence-corrected chi connectivity index (χ3v) is 1.83. The van der Waals surface area contributed by atoms with E-state index in [0.717, 1.165) is 19.5 Å². The van der Waals surface area contributed by atoms with Gasteiger partial charge in [0.05, 0.1) is 6.54 Å². The molecule has 0 atom stereocenters. The van der Waals surface area contributed by atoms with E-state index in [4.69, 9.17) is 6.57 Å². The molecule has 0 radical (unpaired) electrons. The molecule has 0 amide bonds. The Bertz CT molecular complexity index is 274. The van der Waals surface area contributed by atoms with Crippen LogP contribution in [0.1, 0.15) is 18.9 Å². The fourth-order valence-corrected chi connectivity index (χ4v) is 1.22. The average molecular weight is 174 g/mol. The highest BCUT2D eigenvalue weighted by molar-refractivity contribution is 5.14. The van der Waals surface area contributed by atoms with E-state index >= 15 is 0 Å². The Hall–Kier alpha value is -1.49. The van der Waals surface area contributed by atoms with E-state index in [1.54, 1.807) is 5.01 Å². The van der Waals surface area contributed by atoms with Crippen LogP contribution in [-0.2, 0) is 6.54 Å². The molecule has 0 aliphatic rings. The summed E-state index contributed by atoms with van der Waals surface area (Å²) in [5, 5.41) is 1.76. The van der Waals surface area contributed by atoms with E-state index in [1.807, 2.05) is 30.3 Å². The number of hydrogen-bond donors (Lipinski definition) is 0. The van der Waals surface area contributed by atoms with Gasteiger partial charge in [0.2, 0.25) is 0 Å². The summed E-state index contributed by atoms with van der Waals surface area (Å²) in [5.41, 5.74) is 1.20. The molecule has 1 aromatic rings. The highest BCUT2D eigenvalue weighted by Gasteiger charge is 2.04. The lowest BCUT2D eigenvalue weighted by Crippen LogP contribution is -2.15. The largest absolute Gasteiger partial charge is 0.184 e. The Kier molecular flexibility index (Phi) is 3.84. The quantitative estimate of drug-likeness (QED) is 0.503. The molecule has 0 aromatic heterocycles. The van der Waals surface area contributed by atoms with Crippen molar-refractivity contribution in [2.24, 2.45) is 0 Å². The van der Waals surface area contributed by atoms with E-state index < -0.39 is 0 Å². The standard InChI is InChI=1S/C11H14N2/c1-3-9-13(12-2)10-11-7-5-4-6-8-11/h4-8H,3,9-10H2,1H3. The Balaban J connectivity index is 2.53. The van der Waals surface area contributed by atoms with Gasteiger partial charge in [-0.2, -0.15) is 11.5 Å². The Morgan fingerprint density at radius 1 is 1.31 bits per heavy atom. The SMILES string of the molecule is [C-]#[N+]N(CCC)Cc1ccccc1. The van der Waals surface area contributed by atoms with Crippen LogP contribution in [0.5, 0.6) is 0 Å². The smallest absolute Gasteiger partial charge is 0.111 e. The lowest BCUT2D eigenvalue weighted by Gasteiger charge is -2.08. The van der Waals surface area contributed by atoms with Crippen LogP contribution in [0, 0.1) is 6.57 Å². The van der Waals surface area contributed by atoms with Gasteiger partial charge in [0.1, 0.15) is 6.54 Å². The zero-order valence-corrected chi connectivity index (χ0v) is 7.90. The maximum atomic E-state index is 6.96. The van der Waals surface area contributed by atoms with Crippen molar-refractivity contribution in [3.8, 4) is 0 Å². The summed E-state index contributed by atoms with van der Waals surface area (Å²) in [6.45, 7) is 10.6. The lowest BCUT2D eigenvalue weighted by atomic mass is 10.2. The number of hydrogen-bond acceptors (Lipinski definition) is 1. The Labute approximate surface area is 79.6 Å². The zero-order chi connectivity index (χ0) is 9.52. The van der Waals surface area contributed by atoms with Gasteiger partial charge in [0, 0.05) is 0 Å². The molecule has 0 aliphatic carbocycles. The van der Waals surface area contributed by atoms with Crippen molar-refractivity contribution in [3.63, 3.8) is 0 Å². The summed E-state index contributed by atoms with van der Waals surface area (Å²) < 4.78 is 0. The van der Waals surface area contributed by atoms with Gasteiger partial charge in [0.25, 0.3) is 0 Å². The molecule has 2 nitrogen and oxygen atoms in total. The van der Waals surface area contributed by atoms with Crippen molar-refractivity contribution >= 4 is 0 Å². The first-order valence-electron chi connectivity index (χ1n) is 4.53. The maximum Gasteiger partial charge on any atom is 0.111 e. The van der Waals surface area contributed by atoms with Crippen LogP contribution < -0.4 is 0 Å². The molecule has 0 heterocycles. The van der Waals surface area contributed by atoms with Crippen molar-refractivity contribution in [3.05, 3.63) is 47.4 Å². The van der Waals surface area contributed by atoms with Crippen LogP contribution in [0.25, 0.3) is 4.95 Å². The molecule has 0 fully saturated rings. The van der Waals surface area contributed by atoms with Crippen LogP contribution in [0.15, 0.2) is 30.3 Å². The monoisotopic (exact) mass is 174 g/mol. The van der Waals surface area contributed by atoms with Gasteiger partial charge in [-0.25, -0.2) is 0 Å². The third-order valence-electron chi connectivity index (χ3n) is 1.83. The molecular weight excluding hydrogens is 160 g/mol. The van der Waals surface area contributed by atoms with Gasteiger partial charge in [0.15, 0.2) is 0 Å². The highest BCUT2D eigenvalue weighted by Crippen LogP contribution is 2.04. The van der Waals surface area contributed by atoms with E-state index in [9.17, 15) is 0 Å². The van der Waals surface area contributed by atoms with Crippen molar-refractivity contribution < 1.29 is 0 Å². The molecule has 0 aliphatic heterocycles. The van der Waals surface area contributed by atoms with Crippen LogP contribution in [0.2, 0.25) is 0 Å². The second-order valence-corrected chi connectivity index (χ2v) is 2.97. The first-order chi connectivity index (χ1) is 6.36. The first kappa shape index (κ1) is 9.60. The minimum Gasteiger partial charge on any atom is -0.184 e. The van der Waals surface area contributed by atoms with Crippen LogP contribution in [-0.4, -0.2) is 11.6 Å². The predicted octanol–water partition coefficient (Wildman–Crippen LogP) is 2.73. The Morgan fingerprint density at radius 3 is 2.54 bits per heavy atom. The summed E-state index contributed by atoms with van der Waals surface area (Å²) in [4.78, 5) is 3.46. The summed E-state index contributed by atoms with van der Waals surface area (Å²) in [6, 6.07) is 10.1. The minimum absolute atomic E-state index is 0.734. The number of nitrogens with zero attached hydrogens (tertiary/aromatic N) is 2. The molecule has 0 saturated heterocycles. The predicted molar refractivity (Wildman–Crippen MR) is 53.7 cm³/mol. The molecule has 2 heteroatoms. The molecular formula is C11H14N2. The Morgan fingerprint density at radius 2 is 2.00 bits per heavy atom. The number of benzene rings is 1. The van der Waals surface area contributed by atoms with E-state index in [0.29, 0.717) is 0 Å². The molecule has 0 spiro atoms. The fraction of sp³-hybridized carbons (Fsp3) is 0.364. The number of rotatable bonds is 4. The molecule has 68 valence electrons. The summed E-state index contributed by atoms with van der Waals surface area (Å²) in [6.07, 6.45) is 1.02. The van der Waals surface area contributed by atoms with Gasteiger partial charge < -0.3 is 0 Å². The zero-order valence-electron chi connectivity index (χ0n) is 7.90. The van der Waals surface area contributed by atoms with Crippen LogP contribution in [0.3, 0.4) is 0 Å². The van der Waals surface area contributed by atoms with Gasteiger partial charge in [-0.3, -0.25) is 0 Å². The van der Waals surface area contributed by atoms with Crippen LogP contribution >= 0.6 is 0 Å². The average Bonchev–Trinajstić information content (AvgIpc) is 2.19. The third kappa shape index (κ3) is 3.16. The first-order valence-corrected chi connectivity index (χ1v) is 4.53. The van der Waals surface area contributed by atoms with Crippen LogP contribution in [0.4, 0.5) is 0 Å². The molecule has 0 bridgehead atoms. The molecule has 1 rings (SSSR count). The summed E-state index contributed by atoms with van der Waals surface area (Å²) in [7, 11) is 0. The van der Waals surface area contributed by atoms with Crippen molar-refractivity contribution in [1.29, 1.82) is 0 Å². The molecule has 0 N–H and O–H groups in total. The van der Waals surface area contributed by atoms with E-state index in [-0.39, 0.29) is 0 Å². The molecule has 0 saturated carbocycles. The summed E-state index contributed by atoms with van der Waals surface area (Å²) >= 11 is 0. The second kappa shape index (κ2) is 5.21.